The van der Waals surface area contributed by atoms with Crippen molar-refractivity contribution in [2.45, 2.75) is 6.10 Å². The van der Waals surface area contributed by atoms with Crippen LogP contribution in [0.3, 0.4) is 0 Å². The Labute approximate surface area is 157 Å². The largest absolute Gasteiger partial charge is 0.497 e. The lowest BCUT2D eigenvalue weighted by Gasteiger charge is -2.28. The standard InChI is InChI=1S/C21H20N2O4/c1-24-16-5-7-18-15(10-16)11-17(23-9-8-22-13-23)21(27-18)14-4-6-19(25-2)20(12-14)26-3/h4-13,21H,1-3H3. The van der Waals surface area contributed by atoms with Crippen LogP contribution in [0.25, 0.3) is 11.8 Å². The van der Waals surface area contributed by atoms with Crippen molar-refractivity contribution in [1.29, 1.82) is 0 Å². The molecule has 27 heavy (non-hydrogen) atoms. The molecular formula is C21H20N2O4. The van der Waals surface area contributed by atoms with E-state index in [0.717, 1.165) is 28.3 Å². The van der Waals surface area contributed by atoms with Gasteiger partial charge in [-0.2, -0.15) is 0 Å². The van der Waals surface area contributed by atoms with E-state index in [-0.39, 0.29) is 6.10 Å². The average Bonchev–Trinajstić information content (AvgIpc) is 3.26. The van der Waals surface area contributed by atoms with Crippen LogP contribution in [0.15, 0.2) is 55.1 Å². The number of imidazole rings is 1. The van der Waals surface area contributed by atoms with Crippen LogP contribution in [0, 0.1) is 0 Å². The fourth-order valence-corrected chi connectivity index (χ4v) is 3.17. The average molecular weight is 364 g/mol. The number of benzene rings is 2. The summed E-state index contributed by atoms with van der Waals surface area (Å²) in [6.07, 6.45) is 7.17. The lowest BCUT2D eigenvalue weighted by atomic mass is 10.00. The number of aromatic nitrogens is 2. The Hall–Kier alpha value is -3.41. The van der Waals surface area contributed by atoms with Gasteiger partial charge in [-0.1, -0.05) is 6.07 Å². The normalized spacial score (nSPS) is 15.4. The number of fused-ring (bicyclic) bond motifs is 1. The van der Waals surface area contributed by atoms with Crippen LogP contribution in [-0.4, -0.2) is 30.9 Å². The van der Waals surface area contributed by atoms with E-state index in [1.165, 1.54) is 0 Å². The zero-order valence-electron chi connectivity index (χ0n) is 15.4. The number of hydrogen-bond acceptors (Lipinski definition) is 5. The van der Waals surface area contributed by atoms with Gasteiger partial charge in [0, 0.05) is 23.5 Å². The Balaban J connectivity index is 1.83. The lowest BCUT2D eigenvalue weighted by molar-refractivity contribution is 0.253. The van der Waals surface area contributed by atoms with E-state index in [2.05, 4.69) is 11.1 Å². The predicted octanol–water partition coefficient (Wildman–Crippen LogP) is 4.04. The van der Waals surface area contributed by atoms with E-state index in [1.54, 1.807) is 33.9 Å². The number of hydrogen-bond donors (Lipinski definition) is 0. The Morgan fingerprint density at radius 3 is 2.52 bits per heavy atom. The number of rotatable bonds is 5. The Kier molecular flexibility index (Phi) is 4.46. The van der Waals surface area contributed by atoms with Crippen molar-refractivity contribution in [3.8, 4) is 23.0 Å². The highest BCUT2D eigenvalue weighted by Crippen LogP contribution is 2.42. The zero-order chi connectivity index (χ0) is 18.8. The van der Waals surface area contributed by atoms with Gasteiger partial charge in [-0.25, -0.2) is 4.98 Å². The summed E-state index contributed by atoms with van der Waals surface area (Å²) in [5.74, 6) is 2.90. The molecule has 0 saturated heterocycles. The maximum atomic E-state index is 6.36. The highest BCUT2D eigenvalue weighted by Gasteiger charge is 2.27. The third kappa shape index (κ3) is 3.10. The second-order valence-electron chi connectivity index (χ2n) is 6.06. The van der Waals surface area contributed by atoms with E-state index < -0.39 is 0 Å². The molecule has 0 saturated carbocycles. The first-order valence-electron chi connectivity index (χ1n) is 8.50. The summed E-state index contributed by atoms with van der Waals surface area (Å²) in [6, 6.07) is 11.6. The molecule has 0 amide bonds. The van der Waals surface area contributed by atoms with E-state index in [4.69, 9.17) is 18.9 Å². The summed E-state index contributed by atoms with van der Waals surface area (Å²) >= 11 is 0. The van der Waals surface area contributed by atoms with Crippen LogP contribution in [-0.2, 0) is 0 Å². The molecule has 2 heterocycles. The quantitative estimate of drug-likeness (QED) is 0.684. The minimum absolute atomic E-state index is 0.320. The van der Waals surface area contributed by atoms with Gasteiger partial charge in [0.1, 0.15) is 11.5 Å². The van der Waals surface area contributed by atoms with Crippen LogP contribution in [0.4, 0.5) is 0 Å². The molecule has 0 aliphatic carbocycles. The monoisotopic (exact) mass is 364 g/mol. The van der Waals surface area contributed by atoms with Crippen LogP contribution in [0.2, 0.25) is 0 Å². The maximum absolute atomic E-state index is 6.36. The van der Waals surface area contributed by atoms with Crippen LogP contribution < -0.4 is 18.9 Å². The van der Waals surface area contributed by atoms with Crippen molar-refractivity contribution < 1.29 is 18.9 Å². The molecule has 6 nitrogen and oxygen atoms in total. The van der Waals surface area contributed by atoms with E-state index in [9.17, 15) is 0 Å². The van der Waals surface area contributed by atoms with Gasteiger partial charge in [0.25, 0.3) is 0 Å². The Morgan fingerprint density at radius 1 is 0.963 bits per heavy atom. The highest BCUT2D eigenvalue weighted by atomic mass is 16.5. The molecule has 1 unspecified atom stereocenters. The molecule has 1 aliphatic heterocycles. The van der Waals surface area contributed by atoms with Gasteiger partial charge >= 0.3 is 0 Å². The molecule has 1 aliphatic rings. The first-order chi connectivity index (χ1) is 13.2. The smallest absolute Gasteiger partial charge is 0.164 e. The molecule has 0 N–H and O–H groups in total. The van der Waals surface area contributed by atoms with E-state index in [1.807, 2.05) is 47.2 Å². The highest BCUT2D eigenvalue weighted by molar-refractivity contribution is 5.80. The van der Waals surface area contributed by atoms with Crippen LogP contribution >= 0.6 is 0 Å². The number of methoxy groups -OCH3 is 3. The second-order valence-corrected chi connectivity index (χ2v) is 6.06. The summed E-state index contributed by atoms with van der Waals surface area (Å²) < 4.78 is 24.5. The summed E-state index contributed by atoms with van der Waals surface area (Å²) in [5, 5.41) is 0. The third-order valence-electron chi connectivity index (χ3n) is 4.55. The Morgan fingerprint density at radius 2 is 1.81 bits per heavy atom. The summed E-state index contributed by atoms with van der Waals surface area (Å²) in [4.78, 5) is 4.17. The van der Waals surface area contributed by atoms with Gasteiger partial charge in [-0.15, -0.1) is 0 Å². The van der Waals surface area contributed by atoms with Gasteiger partial charge in [0.2, 0.25) is 0 Å². The summed E-state index contributed by atoms with van der Waals surface area (Å²) in [5.41, 5.74) is 2.85. The van der Waals surface area contributed by atoms with Crippen LogP contribution in [0.5, 0.6) is 23.0 Å². The SMILES string of the molecule is COc1ccc2c(c1)C=C(n1ccnc1)C(c1ccc(OC)c(OC)c1)O2. The minimum atomic E-state index is -0.320. The maximum Gasteiger partial charge on any atom is 0.164 e. The van der Waals surface area contributed by atoms with Crippen molar-refractivity contribution in [2.24, 2.45) is 0 Å². The topological polar surface area (TPSA) is 54.7 Å². The van der Waals surface area contributed by atoms with Crippen LogP contribution in [0.1, 0.15) is 17.2 Å². The number of ether oxygens (including phenoxy) is 4. The first kappa shape index (κ1) is 17.0. The second kappa shape index (κ2) is 7.07. The van der Waals surface area contributed by atoms with Crippen molar-refractivity contribution in [2.75, 3.05) is 21.3 Å². The van der Waals surface area contributed by atoms with Gasteiger partial charge in [0.15, 0.2) is 17.6 Å². The molecule has 0 spiro atoms. The van der Waals surface area contributed by atoms with Crippen molar-refractivity contribution in [1.82, 2.24) is 9.55 Å². The molecule has 4 rings (SSSR count). The summed E-state index contributed by atoms with van der Waals surface area (Å²) in [6.45, 7) is 0. The van der Waals surface area contributed by atoms with E-state index in [0.29, 0.717) is 11.5 Å². The molecule has 3 aromatic rings. The Bertz CT molecular complexity index is 980. The molecule has 2 aromatic carbocycles. The molecule has 0 radical (unpaired) electrons. The number of nitrogens with zero attached hydrogens (tertiary/aromatic N) is 2. The van der Waals surface area contributed by atoms with Crippen molar-refractivity contribution in [3.63, 3.8) is 0 Å². The fourth-order valence-electron chi connectivity index (χ4n) is 3.17. The molecule has 1 atom stereocenters. The fraction of sp³-hybridized carbons (Fsp3) is 0.190. The molecule has 0 fully saturated rings. The molecule has 6 heteroatoms. The molecule has 1 aromatic heterocycles. The predicted molar refractivity (Wildman–Crippen MR) is 102 cm³/mol. The van der Waals surface area contributed by atoms with Gasteiger partial charge < -0.3 is 23.5 Å². The van der Waals surface area contributed by atoms with Crippen molar-refractivity contribution in [3.05, 3.63) is 66.2 Å². The molecular weight excluding hydrogens is 344 g/mol. The first-order valence-corrected chi connectivity index (χ1v) is 8.50. The summed E-state index contributed by atoms with van der Waals surface area (Å²) in [7, 11) is 4.89. The van der Waals surface area contributed by atoms with Crippen molar-refractivity contribution >= 4 is 11.8 Å². The minimum Gasteiger partial charge on any atom is -0.497 e. The van der Waals surface area contributed by atoms with Gasteiger partial charge in [-0.3, -0.25) is 0 Å². The lowest BCUT2D eigenvalue weighted by Crippen LogP contribution is -2.17. The third-order valence-corrected chi connectivity index (χ3v) is 4.55. The van der Waals surface area contributed by atoms with E-state index >= 15 is 0 Å². The van der Waals surface area contributed by atoms with Gasteiger partial charge in [-0.05, 0) is 36.4 Å². The molecule has 0 bridgehead atoms. The van der Waals surface area contributed by atoms with Gasteiger partial charge in [0.05, 0.1) is 33.4 Å². The molecule has 138 valence electrons. The zero-order valence-corrected chi connectivity index (χ0v) is 15.4.